The summed E-state index contributed by atoms with van der Waals surface area (Å²) in [5.74, 6) is 0. The first-order valence-electron chi connectivity index (χ1n) is 5.25. The predicted octanol–water partition coefficient (Wildman–Crippen LogP) is 3.39. The van der Waals surface area contributed by atoms with Crippen LogP contribution in [0.4, 0.5) is 0 Å². The van der Waals surface area contributed by atoms with Gasteiger partial charge < -0.3 is 0 Å². The Morgan fingerprint density at radius 3 is 2.64 bits per heavy atom. The minimum absolute atomic E-state index is 0.326. The molecule has 1 nitrogen and oxygen atoms in total. The molecular weight excluding hydrogens is 170 g/mol. The van der Waals surface area contributed by atoms with Crippen LogP contribution in [0.15, 0.2) is 24.3 Å². The Morgan fingerprint density at radius 2 is 2.00 bits per heavy atom. The smallest absolute Gasteiger partial charge is 0.0991 e. The first-order valence-corrected chi connectivity index (χ1v) is 5.25. The van der Waals surface area contributed by atoms with E-state index in [9.17, 15) is 0 Å². The lowest BCUT2D eigenvalue weighted by Gasteiger charge is -2.24. The van der Waals surface area contributed by atoms with Gasteiger partial charge in [0.05, 0.1) is 11.6 Å². The van der Waals surface area contributed by atoms with Crippen LogP contribution in [0, 0.1) is 11.3 Å². The Bertz CT molecular complexity index is 367. The van der Waals surface area contributed by atoms with Crippen molar-refractivity contribution in [1.29, 1.82) is 5.26 Å². The van der Waals surface area contributed by atoms with E-state index in [0.717, 1.165) is 5.56 Å². The van der Waals surface area contributed by atoms with Gasteiger partial charge in [0.1, 0.15) is 0 Å². The average Bonchev–Trinajstić information content (AvgIpc) is 2.67. The van der Waals surface area contributed by atoms with Gasteiger partial charge in [-0.3, -0.25) is 0 Å². The van der Waals surface area contributed by atoms with Gasteiger partial charge >= 0.3 is 0 Å². The van der Waals surface area contributed by atoms with Gasteiger partial charge in [-0.1, -0.05) is 31.9 Å². The Labute approximate surface area is 85.4 Å². The van der Waals surface area contributed by atoms with Crippen LogP contribution in [0.3, 0.4) is 0 Å². The first-order chi connectivity index (χ1) is 6.74. The molecule has 0 aromatic heterocycles. The van der Waals surface area contributed by atoms with Crippen molar-refractivity contribution < 1.29 is 0 Å². The van der Waals surface area contributed by atoms with Crippen molar-refractivity contribution >= 4 is 0 Å². The van der Waals surface area contributed by atoms with Crippen LogP contribution in [0.25, 0.3) is 0 Å². The molecule has 0 bridgehead atoms. The monoisotopic (exact) mass is 185 g/mol. The summed E-state index contributed by atoms with van der Waals surface area (Å²) in [6.45, 7) is 2.32. The van der Waals surface area contributed by atoms with Crippen molar-refractivity contribution in [2.75, 3.05) is 0 Å². The molecule has 14 heavy (non-hydrogen) atoms. The molecule has 1 aliphatic rings. The third kappa shape index (κ3) is 1.53. The standard InChI is InChI=1S/C13H15N/c1-13(7-2-3-8-13)12-6-4-5-11(9-12)10-14/h4-6,9H,2-3,7-8H2,1H3. The van der Waals surface area contributed by atoms with E-state index in [0.29, 0.717) is 5.41 Å². The number of rotatable bonds is 1. The van der Waals surface area contributed by atoms with E-state index < -0.39 is 0 Å². The fourth-order valence-electron chi connectivity index (χ4n) is 2.41. The molecule has 1 aromatic carbocycles. The minimum Gasteiger partial charge on any atom is -0.192 e. The molecule has 1 aliphatic carbocycles. The second-order valence-electron chi connectivity index (χ2n) is 4.46. The van der Waals surface area contributed by atoms with Crippen LogP contribution < -0.4 is 0 Å². The summed E-state index contributed by atoms with van der Waals surface area (Å²) < 4.78 is 0. The van der Waals surface area contributed by atoms with Gasteiger partial charge in [-0.05, 0) is 36.0 Å². The molecule has 1 aromatic rings. The maximum Gasteiger partial charge on any atom is 0.0991 e. The zero-order valence-electron chi connectivity index (χ0n) is 8.59. The number of benzene rings is 1. The molecule has 0 saturated heterocycles. The van der Waals surface area contributed by atoms with Crippen molar-refractivity contribution in [2.24, 2.45) is 0 Å². The highest BCUT2D eigenvalue weighted by Crippen LogP contribution is 2.40. The van der Waals surface area contributed by atoms with Gasteiger partial charge in [0.25, 0.3) is 0 Å². The van der Waals surface area contributed by atoms with Crippen LogP contribution in [0.2, 0.25) is 0 Å². The van der Waals surface area contributed by atoms with Gasteiger partial charge in [-0.2, -0.15) is 5.26 Å². The normalized spacial score (nSPS) is 19.1. The summed E-state index contributed by atoms with van der Waals surface area (Å²) in [5.41, 5.74) is 2.46. The lowest BCUT2D eigenvalue weighted by atomic mass is 9.80. The second-order valence-corrected chi connectivity index (χ2v) is 4.46. The van der Waals surface area contributed by atoms with Crippen molar-refractivity contribution in [3.8, 4) is 6.07 Å². The SMILES string of the molecule is CC1(c2cccc(C#N)c2)CCCC1. The second kappa shape index (κ2) is 3.46. The van der Waals surface area contributed by atoms with E-state index in [-0.39, 0.29) is 0 Å². The maximum absolute atomic E-state index is 8.84. The average molecular weight is 185 g/mol. The molecule has 0 unspecified atom stereocenters. The molecule has 0 radical (unpaired) electrons. The molecule has 0 atom stereocenters. The quantitative estimate of drug-likeness (QED) is 0.658. The van der Waals surface area contributed by atoms with Gasteiger partial charge in [0.2, 0.25) is 0 Å². The summed E-state index contributed by atoms with van der Waals surface area (Å²) in [6, 6.07) is 10.3. The summed E-state index contributed by atoms with van der Waals surface area (Å²) in [5, 5.41) is 8.84. The van der Waals surface area contributed by atoms with Crippen molar-refractivity contribution in [2.45, 2.75) is 38.0 Å². The molecule has 0 amide bonds. The Morgan fingerprint density at radius 1 is 1.29 bits per heavy atom. The van der Waals surface area contributed by atoms with E-state index in [4.69, 9.17) is 5.26 Å². The number of nitriles is 1. The van der Waals surface area contributed by atoms with Gasteiger partial charge in [-0.15, -0.1) is 0 Å². The molecule has 0 aliphatic heterocycles. The summed E-state index contributed by atoms with van der Waals surface area (Å²) in [6.07, 6.45) is 5.18. The van der Waals surface area contributed by atoms with Crippen LogP contribution in [0.1, 0.15) is 43.7 Å². The zero-order chi connectivity index (χ0) is 10.0. The number of nitrogens with zero attached hydrogens (tertiary/aromatic N) is 1. The summed E-state index contributed by atoms with van der Waals surface area (Å²) in [4.78, 5) is 0. The molecule has 1 saturated carbocycles. The third-order valence-corrected chi connectivity index (χ3v) is 3.40. The maximum atomic E-state index is 8.84. The Balaban J connectivity index is 2.36. The Kier molecular flexibility index (Phi) is 2.29. The molecule has 2 rings (SSSR count). The molecule has 72 valence electrons. The fraction of sp³-hybridized carbons (Fsp3) is 0.462. The van der Waals surface area contributed by atoms with Crippen LogP contribution in [0.5, 0.6) is 0 Å². The fourth-order valence-corrected chi connectivity index (χ4v) is 2.41. The van der Waals surface area contributed by atoms with E-state index in [1.807, 2.05) is 18.2 Å². The highest BCUT2D eigenvalue weighted by molar-refractivity contribution is 5.36. The van der Waals surface area contributed by atoms with Gasteiger partial charge in [0.15, 0.2) is 0 Å². The minimum atomic E-state index is 0.326. The van der Waals surface area contributed by atoms with Gasteiger partial charge in [-0.25, -0.2) is 0 Å². The van der Waals surface area contributed by atoms with Gasteiger partial charge in [0, 0.05) is 0 Å². The molecular formula is C13H15N. The molecule has 1 fully saturated rings. The Hall–Kier alpha value is -1.29. The lowest BCUT2D eigenvalue weighted by Crippen LogP contribution is -2.16. The lowest BCUT2D eigenvalue weighted by molar-refractivity contribution is 0.491. The summed E-state index contributed by atoms with van der Waals surface area (Å²) in [7, 11) is 0. The van der Waals surface area contributed by atoms with E-state index in [1.54, 1.807) is 0 Å². The van der Waals surface area contributed by atoms with Crippen LogP contribution in [-0.2, 0) is 5.41 Å². The van der Waals surface area contributed by atoms with Crippen LogP contribution in [-0.4, -0.2) is 0 Å². The predicted molar refractivity (Wildman–Crippen MR) is 57.0 cm³/mol. The first kappa shape index (κ1) is 9.27. The van der Waals surface area contributed by atoms with Crippen molar-refractivity contribution in [1.82, 2.24) is 0 Å². The zero-order valence-corrected chi connectivity index (χ0v) is 8.59. The number of hydrogen-bond acceptors (Lipinski definition) is 1. The summed E-state index contributed by atoms with van der Waals surface area (Å²) >= 11 is 0. The van der Waals surface area contributed by atoms with Crippen molar-refractivity contribution in [3.63, 3.8) is 0 Å². The molecule has 0 spiro atoms. The highest BCUT2D eigenvalue weighted by Gasteiger charge is 2.30. The topological polar surface area (TPSA) is 23.8 Å². The number of hydrogen-bond donors (Lipinski definition) is 0. The van der Waals surface area contributed by atoms with E-state index >= 15 is 0 Å². The van der Waals surface area contributed by atoms with Crippen LogP contribution >= 0.6 is 0 Å². The molecule has 0 N–H and O–H groups in total. The largest absolute Gasteiger partial charge is 0.192 e. The molecule has 1 heteroatoms. The van der Waals surface area contributed by atoms with E-state index in [1.165, 1.54) is 31.2 Å². The molecule has 0 heterocycles. The third-order valence-electron chi connectivity index (χ3n) is 3.40. The highest BCUT2D eigenvalue weighted by atomic mass is 14.3. The van der Waals surface area contributed by atoms with E-state index in [2.05, 4.69) is 19.1 Å². The van der Waals surface area contributed by atoms with Crippen molar-refractivity contribution in [3.05, 3.63) is 35.4 Å².